The number of likely N-dealkylation sites (tertiary alicyclic amines) is 1. The molecule has 21 heavy (non-hydrogen) atoms. The van der Waals surface area contributed by atoms with Gasteiger partial charge < -0.3 is 14.3 Å². The molecule has 112 valence electrons. The molecular formula is C16H19NO4. The number of hydrogen-bond acceptors (Lipinski definition) is 4. The van der Waals surface area contributed by atoms with Gasteiger partial charge >= 0.3 is 5.97 Å². The van der Waals surface area contributed by atoms with E-state index < -0.39 is 5.97 Å². The van der Waals surface area contributed by atoms with Crippen molar-refractivity contribution in [1.82, 2.24) is 4.90 Å². The first-order valence-corrected chi connectivity index (χ1v) is 7.18. The second-order valence-corrected chi connectivity index (χ2v) is 5.44. The van der Waals surface area contributed by atoms with E-state index in [0.29, 0.717) is 23.3 Å². The molecule has 0 radical (unpaired) electrons. The predicted molar refractivity (Wildman–Crippen MR) is 78.5 cm³/mol. The summed E-state index contributed by atoms with van der Waals surface area (Å²) in [6, 6.07) is 7.28. The van der Waals surface area contributed by atoms with Crippen LogP contribution in [0.3, 0.4) is 0 Å². The summed E-state index contributed by atoms with van der Waals surface area (Å²) in [6.45, 7) is 2.26. The summed E-state index contributed by atoms with van der Waals surface area (Å²) in [5.74, 6) is -0.407. The zero-order chi connectivity index (χ0) is 14.8. The number of nitrogens with zero attached hydrogens (tertiary/aromatic N) is 1. The molecule has 5 nitrogen and oxygen atoms in total. The van der Waals surface area contributed by atoms with Gasteiger partial charge in [-0.25, -0.2) is 4.79 Å². The van der Waals surface area contributed by atoms with E-state index in [0.717, 1.165) is 25.9 Å². The van der Waals surface area contributed by atoms with E-state index in [4.69, 9.17) is 9.15 Å². The lowest BCUT2D eigenvalue weighted by Crippen LogP contribution is -2.38. The number of carboxylic acid groups (broad SMARTS) is 1. The summed E-state index contributed by atoms with van der Waals surface area (Å²) in [4.78, 5) is 13.8. The molecule has 3 rings (SSSR count). The molecule has 1 fully saturated rings. The highest BCUT2D eigenvalue weighted by Crippen LogP contribution is 2.27. The Morgan fingerprint density at radius 3 is 3.05 bits per heavy atom. The van der Waals surface area contributed by atoms with Gasteiger partial charge in [-0.2, -0.15) is 0 Å². The van der Waals surface area contributed by atoms with Gasteiger partial charge in [0.25, 0.3) is 0 Å². The van der Waals surface area contributed by atoms with Crippen molar-refractivity contribution in [2.24, 2.45) is 0 Å². The largest absolute Gasteiger partial charge is 0.478 e. The van der Waals surface area contributed by atoms with Crippen molar-refractivity contribution < 1.29 is 19.1 Å². The molecule has 1 aliphatic rings. The Morgan fingerprint density at radius 2 is 2.29 bits per heavy atom. The minimum absolute atomic E-state index is 0.219. The van der Waals surface area contributed by atoms with E-state index in [1.807, 2.05) is 12.1 Å². The van der Waals surface area contributed by atoms with Gasteiger partial charge in [0.15, 0.2) is 0 Å². The van der Waals surface area contributed by atoms with Gasteiger partial charge in [-0.15, -0.1) is 0 Å². The Bertz CT molecular complexity index is 649. The molecule has 2 heterocycles. The number of aromatic carboxylic acids is 1. The molecule has 0 spiro atoms. The monoisotopic (exact) mass is 289 g/mol. The van der Waals surface area contributed by atoms with Gasteiger partial charge in [0, 0.05) is 19.0 Å². The quantitative estimate of drug-likeness (QED) is 0.937. The van der Waals surface area contributed by atoms with Crippen LogP contribution < -0.4 is 0 Å². The molecule has 1 N–H and O–H groups in total. The summed E-state index contributed by atoms with van der Waals surface area (Å²) < 4.78 is 11.2. The fraction of sp³-hybridized carbons (Fsp3) is 0.438. The molecule has 1 aliphatic heterocycles. The number of para-hydroxylation sites is 1. The Hall–Kier alpha value is -1.85. The number of furan rings is 1. The van der Waals surface area contributed by atoms with Gasteiger partial charge in [0.2, 0.25) is 0 Å². The van der Waals surface area contributed by atoms with Crippen LogP contribution in [0.5, 0.6) is 0 Å². The van der Waals surface area contributed by atoms with E-state index in [1.165, 1.54) is 0 Å². The van der Waals surface area contributed by atoms with Crippen molar-refractivity contribution in [3.8, 4) is 0 Å². The molecule has 1 aromatic heterocycles. The van der Waals surface area contributed by atoms with E-state index in [-0.39, 0.29) is 11.7 Å². The lowest BCUT2D eigenvalue weighted by Gasteiger charge is -2.31. The third-order valence-corrected chi connectivity index (χ3v) is 4.05. The van der Waals surface area contributed by atoms with Crippen LogP contribution in [0, 0.1) is 0 Å². The second-order valence-electron chi connectivity index (χ2n) is 5.44. The summed E-state index contributed by atoms with van der Waals surface area (Å²) >= 11 is 0. The van der Waals surface area contributed by atoms with Crippen molar-refractivity contribution in [2.45, 2.75) is 25.5 Å². The maximum Gasteiger partial charge on any atom is 0.339 e. The van der Waals surface area contributed by atoms with Crippen LogP contribution in [0.15, 0.2) is 28.7 Å². The lowest BCUT2D eigenvalue weighted by molar-refractivity contribution is 0.0263. The molecule has 2 aromatic rings. The van der Waals surface area contributed by atoms with E-state index in [2.05, 4.69) is 4.90 Å². The number of fused-ring (bicyclic) bond motifs is 1. The molecule has 5 heteroatoms. The van der Waals surface area contributed by atoms with Crippen LogP contribution in [-0.2, 0) is 11.3 Å². The number of ether oxygens (including phenoxy) is 1. The van der Waals surface area contributed by atoms with E-state index in [9.17, 15) is 9.90 Å². The van der Waals surface area contributed by atoms with E-state index >= 15 is 0 Å². The molecular weight excluding hydrogens is 270 g/mol. The highest BCUT2D eigenvalue weighted by Gasteiger charge is 2.25. The smallest absolute Gasteiger partial charge is 0.339 e. The fourth-order valence-corrected chi connectivity index (χ4v) is 2.99. The summed E-state index contributed by atoms with van der Waals surface area (Å²) in [5.41, 5.74) is 0.912. The number of rotatable bonds is 4. The van der Waals surface area contributed by atoms with Crippen LogP contribution in [0.2, 0.25) is 0 Å². The summed E-state index contributed by atoms with van der Waals surface area (Å²) in [7, 11) is 1.72. The second kappa shape index (κ2) is 5.87. The standard InChI is InChI=1S/C16H19NO4/c1-20-11-5-4-8-17(9-11)10-14-15(16(18)19)12-6-2-3-7-13(12)21-14/h2-3,6-7,11H,4-5,8-10H2,1H3,(H,18,19). The molecule has 1 atom stereocenters. The maximum absolute atomic E-state index is 11.6. The number of piperidine rings is 1. The number of benzene rings is 1. The third-order valence-electron chi connectivity index (χ3n) is 4.05. The van der Waals surface area contributed by atoms with Crippen LogP contribution in [0.4, 0.5) is 0 Å². The highest BCUT2D eigenvalue weighted by atomic mass is 16.5. The molecule has 1 aromatic carbocycles. The van der Waals surface area contributed by atoms with Crippen molar-refractivity contribution >= 4 is 16.9 Å². The molecule has 1 unspecified atom stereocenters. The topological polar surface area (TPSA) is 62.9 Å². The number of methoxy groups -OCH3 is 1. The number of hydrogen-bond donors (Lipinski definition) is 1. The molecule has 0 bridgehead atoms. The van der Waals surface area contributed by atoms with Crippen LogP contribution in [0.25, 0.3) is 11.0 Å². The third kappa shape index (κ3) is 2.80. The first-order valence-electron chi connectivity index (χ1n) is 7.18. The Balaban J connectivity index is 1.89. The van der Waals surface area contributed by atoms with Gasteiger partial charge in [-0.1, -0.05) is 18.2 Å². The van der Waals surface area contributed by atoms with Crippen LogP contribution in [0.1, 0.15) is 29.0 Å². The normalized spacial score (nSPS) is 20.0. The fourth-order valence-electron chi connectivity index (χ4n) is 2.99. The molecule has 0 aliphatic carbocycles. The number of carbonyl (C=O) groups is 1. The Kier molecular flexibility index (Phi) is 3.94. The van der Waals surface area contributed by atoms with Crippen molar-refractivity contribution in [3.63, 3.8) is 0 Å². The Morgan fingerprint density at radius 1 is 1.48 bits per heavy atom. The predicted octanol–water partition coefficient (Wildman–Crippen LogP) is 2.74. The minimum Gasteiger partial charge on any atom is -0.478 e. The average Bonchev–Trinajstić information content (AvgIpc) is 2.85. The van der Waals surface area contributed by atoms with Crippen molar-refractivity contribution in [3.05, 3.63) is 35.6 Å². The van der Waals surface area contributed by atoms with Crippen molar-refractivity contribution in [2.75, 3.05) is 20.2 Å². The SMILES string of the molecule is COC1CCCN(Cc2oc3ccccc3c2C(=O)O)C1. The lowest BCUT2D eigenvalue weighted by atomic mass is 10.1. The zero-order valence-corrected chi connectivity index (χ0v) is 12.0. The van der Waals surface area contributed by atoms with Gasteiger partial charge in [0.1, 0.15) is 16.9 Å². The van der Waals surface area contributed by atoms with Crippen LogP contribution in [-0.4, -0.2) is 42.3 Å². The summed E-state index contributed by atoms with van der Waals surface area (Å²) in [6.07, 6.45) is 2.33. The average molecular weight is 289 g/mol. The molecule has 1 saturated heterocycles. The number of carboxylic acids is 1. The minimum atomic E-state index is -0.935. The van der Waals surface area contributed by atoms with Crippen molar-refractivity contribution in [1.29, 1.82) is 0 Å². The summed E-state index contributed by atoms with van der Waals surface area (Å²) in [5, 5.41) is 10.1. The first-order chi connectivity index (χ1) is 10.2. The van der Waals surface area contributed by atoms with E-state index in [1.54, 1.807) is 19.2 Å². The zero-order valence-electron chi connectivity index (χ0n) is 12.0. The van der Waals surface area contributed by atoms with Gasteiger partial charge in [-0.3, -0.25) is 4.90 Å². The molecule has 0 saturated carbocycles. The Labute approximate surface area is 123 Å². The maximum atomic E-state index is 11.6. The van der Waals surface area contributed by atoms with Gasteiger partial charge in [-0.05, 0) is 25.5 Å². The van der Waals surface area contributed by atoms with Crippen LogP contribution >= 0.6 is 0 Å². The first kappa shape index (κ1) is 14.1. The highest BCUT2D eigenvalue weighted by molar-refractivity contribution is 6.03. The van der Waals surface area contributed by atoms with Gasteiger partial charge in [0.05, 0.1) is 12.6 Å². The molecule has 0 amide bonds.